The molecule has 1 aliphatic rings. The molecule has 1 amide bonds. The number of hydrogen-bond acceptors (Lipinski definition) is 4. The maximum atomic E-state index is 12.4. The number of carbonyl (C=O) groups excluding carboxylic acids is 2. The Morgan fingerprint density at radius 1 is 1.45 bits per heavy atom. The first-order valence-corrected chi connectivity index (χ1v) is 7.07. The van der Waals surface area contributed by atoms with Crippen LogP contribution in [0, 0.1) is 6.92 Å². The van der Waals surface area contributed by atoms with Crippen LogP contribution in [-0.4, -0.2) is 49.7 Å². The fraction of sp³-hybridized carbons (Fsp3) is 0.429. The smallest absolute Gasteiger partial charge is 0.336 e. The number of ether oxygens (including phenoxy) is 2. The van der Waals surface area contributed by atoms with Gasteiger partial charge < -0.3 is 14.4 Å². The summed E-state index contributed by atoms with van der Waals surface area (Å²) in [6.45, 7) is 2.96. The molecule has 108 valence electrons. The minimum absolute atomic E-state index is 0.0993. The number of halogens is 1. The summed E-state index contributed by atoms with van der Waals surface area (Å²) in [6.07, 6.45) is -0.700. The van der Waals surface area contributed by atoms with E-state index >= 15 is 0 Å². The van der Waals surface area contributed by atoms with E-state index in [1.807, 2.05) is 19.1 Å². The van der Waals surface area contributed by atoms with Crippen LogP contribution < -0.4 is 0 Å². The molecule has 5 nitrogen and oxygen atoms in total. The molecule has 0 aliphatic carbocycles. The van der Waals surface area contributed by atoms with Crippen LogP contribution in [0.4, 0.5) is 0 Å². The Morgan fingerprint density at radius 3 is 2.85 bits per heavy atom. The average Bonchev–Trinajstić information content (AvgIpc) is 2.48. The van der Waals surface area contributed by atoms with Crippen molar-refractivity contribution in [1.82, 2.24) is 4.90 Å². The largest absolute Gasteiger partial charge is 0.467 e. The van der Waals surface area contributed by atoms with Crippen LogP contribution in [0.5, 0.6) is 0 Å². The van der Waals surface area contributed by atoms with E-state index in [2.05, 4.69) is 20.7 Å². The fourth-order valence-electron chi connectivity index (χ4n) is 2.07. The zero-order valence-corrected chi connectivity index (χ0v) is 13.0. The maximum Gasteiger partial charge on any atom is 0.336 e. The van der Waals surface area contributed by atoms with E-state index in [1.165, 1.54) is 7.11 Å². The van der Waals surface area contributed by atoms with Gasteiger partial charge in [0.25, 0.3) is 5.91 Å². The van der Waals surface area contributed by atoms with Gasteiger partial charge in [-0.05, 0) is 30.7 Å². The topological polar surface area (TPSA) is 55.8 Å². The molecule has 2 rings (SSSR count). The second kappa shape index (κ2) is 6.37. The summed E-state index contributed by atoms with van der Waals surface area (Å²) in [5.41, 5.74) is 1.60. The van der Waals surface area contributed by atoms with Gasteiger partial charge in [-0.25, -0.2) is 4.79 Å². The summed E-state index contributed by atoms with van der Waals surface area (Å²) >= 11 is 3.41. The Hall–Kier alpha value is -1.40. The Morgan fingerprint density at radius 2 is 2.20 bits per heavy atom. The summed E-state index contributed by atoms with van der Waals surface area (Å²) in [4.78, 5) is 25.5. The zero-order chi connectivity index (χ0) is 14.7. The molecule has 1 heterocycles. The third-order valence-electron chi connectivity index (χ3n) is 3.22. The third kappa shape index (κ3) is 3.19. The Bertz CT molecular complexity index is 532. The van der Waals surface area contributed by atoms with E-state index in [-0.39, 0.29) is 12.5 Å². The number of nitrogens with zero attached hydrogens (tertiary/aromatic N) is 1. The minimum Gasteiger partial charge on any atom is -0.467 e. The molecule has 0 aromatic heterocycles. The number of aryl methyl sites for hydroxylation is 1. The van der Waals surface area contributed by atoms with Gasteiger partial charge in [-0.3, -0.25) is 4.79 Å². The summed E-state index contributed by atoms with van der Waals surface area (Å²) in [5, 5.41) is 0. The van der Waals surface area contributed by atoms with Crippen LogP contribution in [0.25, 0.3) is 0 Å². The molecule has 1 atom stereocenters. The van der Waals surface area contributed by atoms with Crippen LogP contribution >= 0.6 is 15.9 Å². The molecule has 1 aromatic carbocycles. The predicted octanol–water partition coefficient (Wildman–Crippen LogP) is 1.77. The Labute approximate surface area is 126 Å². The van der Waals surface area contributed by atoms with E-state index < -0.39 is 12.1 Å². The SMILES string of the molecule is COC(=O)[C@@H]1CN(C(=O)c2ccc(Br)c(C)c2)CCO1. The summed E-state index contributed by atoms with van der Waals surface area (Å²) < 4.78 is 10.9. The van der Waals surface area contributed by atoms with Crippen molar-refractivity contribution in [3.8, 4) is 0 Å². The van der Waals surface area contributed by atoms with Gasteiger partial charge in [-0.1, -0.05) is 15.9 Å². The van der Waals surface area contributed by atoms with Crippen molar-refractivity contribution in [3.05, 3.63) is 33.8 Å². The molecule has 1 fully saturated rings. The third-order valence-corrected chi connectivity index (χ3v) is 4.11. The molecule has 0 spiro atoms. The number of amides is 1. The molecule has 1 aromatic rings. The van der Waals surface area contributed by atoms with Crippen molar-refractivity contribution < 1.29 is 19.1 Å². The Balaban J connectivity index is 2.12. The molecule has 1 saturated heterocycles. The van der Waals surface area contributed by atoms with Crippen LogP contribution in [0.3, 0.4) is 0 Å². The van der Waals surface area contributed by atoms with Crippen molar-refractivity contribution in [3.63, 3.8) is 0 Å². The number of rotatable bonds is 2. The fourth-order valence-corrected chi connectivity index (χ4v) is 2.31. The highest BCUT2D eigenvalue weighted by atomic mass is 79.9. The number of benzene rings is 1. The van der Waals surface area contributed by atoms with Gasteiger partial charge in [-0.2, -0.15) is 0 Å². The molecule has 0 radical (unpaired) electrons. The normalized spacial score (nSPS) is 18.8. The second-order valence-corrected chi connectivity index (χ2v) is 5.45. The van der Waals surface area contributed by atoms with Crippen LogP contribution in [0.2, 0.25) is 0 Å². The highest BCUT2D eigenvalue weighted by molar-refractivity contribution is 9.10. The summed E-state index contributed by atoms with van der Waals surface area (Å²) in [7, 11) is 1.31. The lowest BCUT2D eigenvalue weighted by Crippen LogP contribution is -2.48. The number of carbonyl (C=O) groups is 2. The van der Waals surface area contributed by atoms with E-state index in [1.54, 1.807) is 11.0 Å². The summed E-state index contributed by atoms with van der Waals surface area (Å²) in [6, 6.07) is 5.44. The van der Waals surface area contributed by atoms with Crippen LogP contribution in [-0.2, 0) is 14.3 Å². The molecule has 0 unspecified atom stereocenters. The second-order valence-electron chi connectivity index (χ2n) is 4.60. The molecule has 0 saturated carbocycles. The van der Waals surface area contributed by atoms with Gasteiger partial charge in [0, 0.05) is 16.6 Å². The van der Waals surface area contributed by atoms with Crippen molar-refractivity contribution in [2.45, 2.75) is 13.0 Å². The van der Waals surface area contributed by atoms with Crippen molar-refractivity contribution in [2.75, 3.05) is 26.8 Å². The lowest BCUT2D eigenvalue weighted by atomic mass is 10.1. The van der Waals surface area contributed by atoms with Crippen LogP contribution in [0.1, 0.15) is 15.9 Å². The highest BCUT2D eigenvalue weighted by Crippen LogP contribution is 2.19. The highest BCUT2D eigenvalue weighted by Gasteiger charge is 2.30. The number of methoxy groups -OCH3 is 1. The number of morpholine rings is 1. The Kier molecular flexibility index (Phi) is 4.77. The van der Waals surface area contributed by atoms with Gasteiger partial charge in [0.15, 0.2) is 6.10 Å². The maximum absolute atomic E-state index is 12.4. The van der Waals surface area contributed by atoms with Crippen molar-refractivity contribution in [1.29, 1.82) is 0 Å². The molecular weight excluding hydrogens is 326 g/mol. The number of esters is 1. The average molecular weight is 342 g/mol. The first kappa shape index (κ1) is 15.0. The first-order chi connectivity index (χ1) is 9.52. The molecule has 0 N–H and O–H groups in total. The number of hydrogen-bond donors (Lipinski definition) is 0. The monoisotopic (exact) mass is 341 g/mol. The van der Waals surface area contributed by atoms with Crippen LogP contribution in [0.15, 0.2) is 22.7 Å². The lowest BCUT2D eigenvalue weighted by Gasteiger charge is -2.31. The van der Waals surface area contributed by atoms with Gasteiger partial charge >= 0.3 is 5.97 Å². The van der Waals surface area contributed by atoms with Gasteiger partial charge in [0.05, 0.1) is 20.3 Å². The van der Waals surface area contributed by atoms with E-state index in [0.29, 0.717) is 18.7 Å². The first-order valence-electron chi connectivity index (χ1n) is 6.27. The molecule has 6 heteroatoms. The van der Waals surface area contributed by atoms with Crippen molar-refractivity contribution in [2.24, 2.45) is 0 Å². The molecule has 1 aliphatic heterocycles. The van der Waals surface area contributed by atoms with Gasteiger partial charge in [0.1, 0.15) is 0 Å². The molecular formula is C14H16BrNO4. The quantitative estimate of drug-likeness (QED) is 0.769. The predicted molar refractivity (Wildman–Crippen MR) is 76.5 cm³/mol. The minimum atomic E-state index is -0.700. The van der Waals surface area contributed by atoms with Gasteiger partial charge in [0.2, 0.25) is 0 Å². The lowest BCUT2D eigenvalue weighted by molar-refractivity contribution is -0.158. The van der Waals surface area contributed by atoms with E-state index in [9.17, 15) is 9.59 Å². The van der Waals surface area contributed by atoms with Crippen molar-refractivity contribution >= 4 is 27.8 Å². The van der Waals surface area contributed by atoms with Gasteiger partial charge in [-0.15, -0.1) is 0 Å². The molecule has 0 bridgehead atoms. The molecule has 20 heavy (non-hydrogen) atoms. The summed E-state index contributed by atoms with van der Waals surface area (Å²) in [5.74, 6) is -0.549. The van der Waals surface area contributed by atoms with E-state index in [4.69, 9.17) is 4.74 Å². The zero-order valence-electron chi connectivity index (χ0n) is 11.4. The van der Waals surface area contributed by atoms with E-state index in [0.717, 1.165) is 10.0 Å². The standard InChI is InChI=1S/C14H16BrNO4/c1-9-7-10(3-4-11(9)15)13(17)16-5-6-20-12(8-16)14(18)19-2/h3-4,7,12H,5-6,8H2,1-2H3/t12-/m0/s1.